The molecule has 0 bridgehead atoms. The predicted molar refractivity (Wildman–Crippen MR) is 76.4 cm³/mol. The average Bonchev–Trinajstić information content (AvgIpc) is 2.28. The van der Waals surface area contributed by atoms with Crippen molar-refractivity contribution < 1.29 is 0 Å². The Morgan fingerprint density at radius 2 is 1.82 bits per heavy atom. The Labute approximate surface area is 108 Å². The normalized spacial score (nSPS) is 20.1. The Balaban J connectivity index is 2.19. The number of hydrogen-bond donors (Lipinski definition) is 1. The minimum atomic E-state index is 0.453. The van der Waals surface area contributed by atoms with Gasteiger partial charge in [0.05, 0.1) is 0 Å². The van der Waals surface area contributed by atoms with E-state index < -0.39 is 0 Å². The number of likely N-dealkylation sites (tertiary alicyclic amines) is 1. The fourth-order valence-corrected chi connectivity index (χ4v) is 2.38. The van der Waals surface area contributed by atoms with Crippen LogP contribution in [0.5, 0.6) is 0 Å². The Kier molecular flexibility index (Phi) is 5.94. The fourth-order valence-electron chi connectivity index (χ4n) is 2.38. The lowest BCUT2D eigenvalue weighted by Gasteiger charge is -2.35. The first-order chi connectivity index (χ1) is 7.93. The van der Waals surface area contributed by atoms with Crippen molar-refractivity contribution in [2.45, 2.75) is 59.9 Å². The van der Waals surface area contributed by atoms with Gasteiger partial charge in [0.15, 0.2) is 0 Å². The van der Waals surface area contributed by atoms with E-state index >= 15 is 0 Å². The third-order valence-electron chi connectivity index (χ3n) is 4.04. The molecule has 17 heavy (non-hydrogen) atoms. The number of nitrogens with zero attached hydrogens (tertiary/aromatic N) is 1. The second-order valence-corrected chi connectivity index (χ2v) is 6.87. The molecule has 0 radical (unpaired) electrons. The summed E-state index contributed by atoms with van der Waals surface area (Å²) in [5, 5.41) is 3.76. The molecule has 0 atom stereocenters. The van der Waals surface area contributed by atoms with Crippen molar-refractivity contribution in [2.75, 3.05) is 26.2 Å². The van der Waals surface area contributed by atoms with Gasteiger partial charge in [-0.05, 0) is 43.7 Å². The quantitative estimate of drug-likeness (QED) is 0.767. The van der Waals surface area contributed by atoms with Gasteiger partial charge in [0.1, 0.15) is 0 Å². The molecule has 0 saturated carbocycles. The van der Waals surface area contributed by atoms with Gasteiger partial charge in [-0.2, -0.15) is 0 Å². The van der Waals surface area contributed by atoms with Gasteiger partial charge in [0.2, 0.25) is 0 Å². The van der Waals surface area contributed by atoms with Crippen LogP contribution in [0.3, 0.4) is 0 Å². The minimum Gasteiger partial charge on any atom is -0.313 e. The van der Waals surface area contributed by atoms with Crippen molar-refractivity contribution >= 4 is 0 Å². The highest BCUT2D eigenvalue weighted by Crippen LogP contribution is 2.19. The molecule has 0 amide bonds. The van der Waals surface area contributed by atoms with E-state index in [2.05, 4.69) is 44.8 Å². The van der Waals surface area contributed by atoms with Crippen LogP contribution in [0.15, 0.2) is 0 Å². The van der Waals surface area contributed by atoms with Crippen LogP contribution in [0.1, 0.15) is 53.9 Å². The van der Waals surface area contributed by atoms with E-state index in [4.69, 9.17) is 0 Å². The van der Waals surface area contributed by atoms with Gasteiger partial charge in [-0.15, -0.1) is 0 Å². The van der Waals surface area contributed by atoms with Gasteiger partial charge in [-0.3, -0.25) is 0 Å². The summed E-state index contributed by atoms with van der Waals surface area (Å²) in [4.78, 5) is 2.62. The van der Waals surface area contributed by atoms with Gasteiger partial charge in [0, 0.05) is 19.1 Å². The molecule has 1 N–H and O–H groups in total. The first-order valence-electron chi connectivity index (χ1n) is 7.38. The van der Waals surface area contributed by atoms with Crippen LogP contribution in [0.2, 0.25) is 0 Å². The van der Waals surface area contributed by atoms with Crippen LogP contribution >= 0.6 is 0 Å². The number of nitrogens with one attached hydrogen (secondary N) is 1. The Bertz CT molecular complexity index is 203. The van der Waals surface area contributed by atoms with Crippen LogP contribution in [-0.4, -0.2) is 37.1 Å². The fraction of sp³-hybridized carbons (Fsp3) is 1.00. The van der Waals surface area contributed by atoms with Gasteiger partial charge in [0.25, 0.3) is 0 Å². The zero-order chi connectivity index (χ0) is 12.9. The van der Waals surface area contributed by atoms with E-state index in [1.54, 1.807) is 0 Å². The van der Waals surface area contributed by atoms with Crippen LogP contribution in [0, 0.1) is 11.3 Å². The van der Waals surface area contributed by atoms with Crippen molar-refractivity contribution in [1.82, 2.24) is 10.2 Å². The van der Waals surface area contributed by atoms with E-state index in [9.17, 15) is 0 Å². The lowest BCUT2D eigenvalue weighted by molar-refractivity contribution is 0.172. The Morgan fingerprint density at radius 1 is 1.24 bits per heavy atom. The molecule has 1 heterocycles. The van der Waals surface area contributed by atoms with Crippen molar-refractivity contribution in [2.24, 2.45) is 11.3 Å². The molecule has 0 aromatic heterocycles. The topological polar surface area (TPSA) is 15.3 Å². The summed E-state index contributed by atoms with van der Waals surface area (Å²) in [6, 6.07) is 0.754. The Hall–Kier alpha value is -0.0800. The molecule has 1 saturated heterocycles. The van der Waals surface area contributed by atoms with E-state index in [1.807, 2.05) is 0 Å². The van der Waals surface area contributed by atoms with Gasteiger partial charge in [-0.25, -0.2) is 0 Å². The van der Waals surface area contributed by atoms with E-state index in [-0.39, 0.29) is 0 Å². The maximum Gasteiger partial charge on any atom is 0.00916 e. The smallest absolute Gasteiger partial charge is 0.00916 e. The van der Waals surface area contributed by atoms with E-state index in [0.29, 0.717) is 5.41 Å². The number of hydrogen-bond acceptors (Lipinski definition) is 2. The van der Waals surface area contributed by atoms with Crippen LogP contribution in [-0.2, 0) is 0 Å². The molecule has 1 rings (SSSR count). The summed E-state index contributed by atoms with van der Waals surface area (Å²) in [7, 11) is 0. The standard InChI is InChI=1S/C15H32N2/c1-6-15(4,5)12-16-14-7-9-17(10-8-14)11-13(2)3/h13-14,16H,6-12H2,1-5H3. The zero-order valence-corrected chi connectivity index (χ0v) is 12.6. The molecule has 0 unspecified atom stereocenters. The summed E-state index contributed by atoms with van der Waals surface area (Å²) in [6.45, 7) is 16.6. The molecule has 1 fully saturated rings. The SMILES string of the molecule is CCC(C)(C)CNC1CCN(CC(C)C)CC1. The van der Waals surface area contributed by atoms with Crippen LogP contribution in [0.4, 0.5) is 0 Å². The summed E-state index contributed by atoms with van der Waals surface area (Å²) < 4.78 is 0. The van der Waals surface area contributed by atoms with Gasteiger partial charge in [-0.1, -0.05) is 34.6 Å². The second kappa shape index (κ2) is 6.75. The van der Waals surface area contributed by atoms with E-state index in [1.165, 1.54) is 45.4 Å². The summed E-state index contributed by atoms with van der Waals surface area (Å²) >= 11 is 0. The molecular formula is C15H32N2. The van der Waals surface area contributed by atoms with Crippen molar-refractivity contribution in [3.8, 4) is 0 Å². The summed E-state index contributed by atoms with van der Waals surface area (Å²) in [5.41, 5.74) is 0.453. The lowest BCUT2D eigenvalue weighted by atomic mass is 9.89. The van der Waals surface area contributed by atoms with Gasteiger partial charge < -0.3 is 10.2 Å². The summed E-state index contributed by atoms with van der Waals surface area (Å²) in [5.74, 6) is 0.804. The molecule has 0 aromatic rings. The Morgan fingerprint density at radius 3 is 2.29 bits per heavy atom. The molecule has 0 aliphatic carbocycles. The third-order valence-corrected chi connectivity index (χ3v) is 4.04. The average molecular weight is 240 g/mol. The molecule has 1 aliphatic heterocycles. The zero-order valence-electron chi connectivity index (χ0n) is 12.6. The highest BCUT2D eigenvalue weighted by atomic mass is 15.1. The molecule has 1 aliphatic rings. The predicted octanol–water partition coefficient (Wildman–Crippen LogP) is 3.13. The summed E-state index contributed by atoms with van der Waals surface area (Å²) in [6.07, 6.45) is 3.91. The van der Waals surface area contributed by atoms with Crippen molar-refractivity contribution in [1.29, 1.82) is 0 Å². The number of rotatable bonds is 6. The molecule has 0 aromatic carbocycles. The molecule has 0 spiro atoms. The maximum absolute atomic E-state index is 3.76. The van der Waals surface area contributed by atoms with Gasteiger partial charge >= 0.3 is 0 Å². The maximum atomic E-state index is 3.76. The monoisotopic (exact) mass is 240 g/mol. The lowest BCUT2D eigenvalue weighted by Crippen LogP contribution is -2.45. The van der Waals surface area contributed by atoms with Crippen molar-refractivity contribution in [3.05, 3.63) is 0 Å². The molecule has 2 heteroatoms. The van der Waals surface area contributed by atoms with Crippen LogP contribution in [0.25, 0.3) is 0 Å². The highest BCUT2D eigenvalue weighted by Gasteiger charge is 2.22. The second-order valence-electron chi connectivity index (χ2n) is 6.87. The number of piperidine rings is 1. The third kappa shape index (κ3) is 5.87. The van der Waals surface area contributed by atoms with Crippen molar-refractivity contribution in [3.63, 3.8) is 0 Å². The van der Waals surface area contributed by atoms with E-state index in [0.717, 1.165) is 12.0 Å². The largest absolute Gasteiger partial charge is 0.313 e. The first-order valence-corrected chi connectivity index (χ1v) is 7.38. The minimum absolute atomic E-state index is 0.453. The highest BCUT2D eigenvalue weighted by molar-refractivity contribution is 4.80. The molecule has 2 nitrogen and oxygen atoms in total. The molecular weight excluding hydrogens is 208 g/mol. The van der Waals surface area contributed by atoms with Crippen LogP contribution < -0.4 is 5.32 Å². The molecule has 102 valence electrons. The first kappa shape index (κ1) is 15.0.